The van der Waals surface area contributed by atoms with Gasteiger partial charge in [-0.15, -0.1) is 0 Å². The Labute approximate surface area is 98.2 Å². The SMILES string of the molecule is CCCCNC1CCc2cccc(N)c2C1. The number of hydrogen-bond acceptors (Lipinski definition) is 2. The summed E-state index contributed by atoms with van der Waals surface area (Å²) in [6.45, 7) is 3.37. The number of unbranched alkanes of at least 4 members (excludes halogenated alkanes) is 1. The Kier molecular flexibility index (Phi) is 3.83. The fourth-order valence-corrected chi connectivity index (χ4v) is 2.47. The lowest BCUT2D eigenvalue weighted by atomic mass is 9.87. The smallest absolute Gasteiger partial charge is 0.0349 e. The zero-order valence-electron chi connectivity index (χ0n) is 10.1. The molecule has 0 bridgehead atoms. The molecule has 2 heteroatoms. The van der Waals surface area contributed by atoms with E-state index in [4.69, 9.17) is 5.73 Å². The maximum Gasteiger partial charge on any atom is 0.0349 e. The van der Waals surface area contributed by atoms with Crippen molar-refractivity contribution in [2.45, 2.75) is 45.1 Å². The van der Waals surface area contributed by atoms with E-state index in [-0.39, 0.29) is 0 Å². The number of hydrogen-bond donors (Lipinski definition) is 2. The van der Waals surface area contributed by atoms with Crippen LogP contribution in [-0.4, -0.2) is 12.6 Å². The number of aryl methyl sites for hydroxylation is 1. The van der Waals surface area contributed by atoms with E-state index in [1.807, 2.05) is 6.07 Å². The van der Waals surface area contributed by atoms with Gasteiger partial charge in [0.05, 0.1) is 0 Å². The number of nitrogens with two attached hydrogens (primary N) is 1. The fourth-order valence-electron chi connectivity index (χ4n) is 2.47. The first-order valence-corrected chi connectivity index (χ1v) is 6.41. The van der Waals surface area contributed by atoms with E-state index in [2.05, 4.69) is 24.4 Å². The van der Waals surface area contributed by atoms with Crippen LogP contribution in [0.1, 0.15) is 37.3 Å². The average Bonchev–Trinajstić information content (AvgIpc) is 2.30. The van der Waals surface area contributed by atoms with Gasteiger partial charge in [-0.25, -0.2) is 0 Å². The summed E-state index contributed by atoms with van der Waals surface area (Å²) in [6, 6.07) is 6.93. The summed E-state index contributed by atoms with van der Waals surface area (Å²) in [7, 11) is 0. The van der Waals surface area contributed by atoms with Crippen molar-refractivity contribution in [1.82, 2.24) is 5.32 Å². The van der Waals surface area contributed by atoms with Crippen LogP contribution in [-0.2, 0) is 12.8 Å². The quantitative estimate of drug-likeness (QED) is 0.602. The van der Waals surface area contributed by atoms with Crippen molar-refractivity contribution < 1.29 is 0 Å². The van der Waals surface area contributed by atoms with Gasteiger partial charge < -0.3 is 11.1 Å². The summed E-state index contributed by atoms with van der Waals surface area (Å²) >= 11 is 0. The minimum atomic E-state index is 0.628. The number of fused-ring (bicyclic) bond motifs is 1. The molecular formula is C14H22N2. The highest BCUT2D eigenvalue weighted by Gasteiger charge is 2.19. The predicted octanol–water partition coefficient (Wildman–Crippen LogP) is 2.52. The Morgan fingerprint density at radius 2 is 2.31 bits per heavy atom. The summed E-state index contributed by atoms with van der Waals surface area (Å²) in [5.41, 5.74) is 9.83. The summed E-state index contributed by atoms with van der Waals surface area (Å²) in [4.78, 5) is 0. The maximum atomic E-state index is 6.03. The van der Waals surface area contributed by atoms with Crippen LogP contribution >= 0.6 is 0 Å². The normalized spacial score (nSPS) is 19.4. The van der Waals surface area contributed by atoms with E-state index >= 15 is 0 Å². The molecule has 1 aliphatic carbocycles. The topological polar surface area (TPSA) is 38.0 Å². The molecule has 16 heavy (non-hydrogen) atoms. The zero-order valence-corrected chi connectivity index (χ0v) is 10.1. The second kappa shape index (κ2) is 5.35. The molecule has 2 rings (SSSR count). The van der Waals surface area contributed by atoms with Crippen molar-refractivity contribution in [2.75, 3.05) is 12.3 Å². The first-order valence-electron chi connectivity index (χ1n) is 6.41. The van der Waals surface area contributed by atoms with Crippen LogP contribution in [0.15, 0.2) is 18.2 Å². The third-order valence-corrected chi connectivity index (χ3v) is 3.49. The van der Waals surface area contributed by atoms with Crippen LogP contribution in [0, 0.1) is 0 Å². The number of rotatable bonds is 4. The highest BCUT2D eigenvalue weighted by atomic mass is 14.9. The molecule has 88 valence electrons. The molecule has 0 spiro atoms. The fraction of sp³-hybridized carbons (Fsp3) is 0.571. The Hall–Kier alpha value is -1.02. The molecule has 0 radical (unpaired) electrons. The Balaban J connectivity index is 1.97. The van der Waals surface area contributed by atoms with E-state index in [9.17, 15) is 0 Å². The lowest BCUT2D eigenvalue weighted by Crippen LogP contribution is -2.35. The van der Waals surface area contributed by atoms with Crippen molar-refractivity contribution >= 4 is 5.69 Å². The van der Waals surface area contributed by atoms with Gasteiger partial charge in [-0.2, -0.15) is 0 Å². The van der Waals surface area contributed by atoms with Gasteiger partial charge in [0.2, 0.25) is 0 Å². The van der Waals surface area contributed by atoms with Crippen LogP contribution in [0.3, 0.4) is 0 Å². The Morgan fingerprint density at radius 1 is 1.44 bits per heavy atom. The summed E-state index contributed by atoms with van der Waals surface area (Å²) in [5, 5.41) is 3.64. The highest BCUT2D eigenvalue weighted by Crippen LogP contribution is 2.26. The molecule has 0 fully saturated rings. The number of nitrogens with one attached hydrogen (secondary N) is 1. The van der Waals surface area contributed by atoms with Crippen molar-refractivity contribution in [2.24, 2.45) is 0 Å². The number of nitrogen functional groups attached to an aromatic ring is 1. The molecule has 0 amide bonds. The van der Waals surface area contributed by atoms with E-state index in [0.29, 0.717) is 6.04 Å². The second-order valence-corrected chi connectivity index (χ2v) is 4.73. The molecule has 0 heterocycles. The van der Waals surface area contributed by atoms with Gasteiger partial charge in [0.1, 0.15) is 0 Å². The average molecular weight is 218 g/mol. The van der Waals surface area contributed by atoms with E-state index in [1.54, 1.807) is 0 Å². The van der Waals surface area contributed by atoms with Gasteiger partial charge in [-0.3, -0.25) is 0 Å². The largest absolute Gasteiger partial charge is 0.398 e. The molecule has 1 aromatic carbocycles. The summed E-state index contributed by atoms with van der Waals surface area (Å²) in [5.74, 6) is 0. The van der Waals surface area contributed by atoms with Crippen LogP contribution < -0.4 is 11.1 Å². The van der Waals surface area contributed by atoms with Crippen molar-refractivity contribution in [3.63, 3.8) is 0 Å². The lowest BCUT2D eigenvalue weighted by Gasteiger charge is -2.26. The van der Waals surface area contributed by atoms with Crippen molar-refractivity contribution in [1.29, 1.82) is 0 Å². The molecular weight excluding hydrogens is 196 g/mol. The minimum absolute atomic E-state index is 0.628. The van der Waals surface area contributed by atoms with Gasteiger partial charge in [0, 0.05) is 11.7 Å². The summed E-state index contributed by atoms with van der Waals surface area (Å²) in [6.07, 6.45) is 6.06. The van der Waals surface area contributed by atoms with Crippen molar-refractivity contribution in [3.05, 3.63) is 29.3 Å². The van der Waals surface area contributed by atoms with Crippen LogP contribution in [0.5, 0.6) is 0 Å². The zero-order chi connectivity index (χ0) is 11.4. The molecule has 1 aliphatic rings. The molecule has 1 unspecified atom stereocenters. The number of anilines is 1. The van der Waals surface area contributed by atoms with E-state index in [1.165, 1.54) is 36.8 Å². The van der Waals surface area contributed by atoms with Crippen LogP contribution in [0.25, 0.3) is 0 Å². The standard InChI is InChI=1S/C14H22N2/c1-2-3-9-16-12-8-7-11-5-4-6-14(15)13(11)10-12/h4-6,12,16H,2-3,7-10,15H2,1H3. The van der Waals surface area contributed by atoms with Crippen LogP contribution in [0.2, 0.25) is 0 Å². The third-order valence-electron chi connectivity index (χ3n) is 3.49. The summed E-state index contributed by atoms with van der Waals surface area (Å²) < 4.78 is 0. The first kappa shape index (κ1) is 11.5. The lowest BCUT2D eigenvalue weighted by molar-refractivity contribution is 0.454. The van der Waals surface area contributed by atoms with Gasteiger partial charge in [0.15, 0.2) is 0 Å². The van der Waals surface area contributed by atoms with Crippen LogP contribution in [0.4, 0.5) is 5.69 Å². The highest BCUT2D eigenvalue weighted by molar-refractivity contribution is 5.52. The molecule has 0 saturated heterocycles. The Bertz CT molecular complexity index is 347. The molecule has 1 aromatic rings. The van der Waals surface area contributed by atoms with E-state index < -0.39 is 0 Å². The molecule has 1 atom stereocenters. The molecule has 0 saturated carbocycles. The van der Waals surface area contributed by atoms with Gasteiger partial charge >= 0.3 is 0 Å². The second-order valence-electron chi connectivity index (χ2n) is 4.73. The predicted molar refractivity (Wildman–Crippen MR) is 69.6 cm³/mol. The molecule has 0 aliphatic heterocycles. The minimum Gasteiger partial charge on any atom is -0.398 e. The van der Waals surface area contributed by atoms with E-state index in [0.717, 1.165) is 18.7 Å². The van der Waals surface area contributed by atoms with Gasteiger partial charge in [-0.1, -0.05) is 25.5 Å². The molecule has 3 N–H and O–H groups in total. The van der Waals surface area contributed by atoms with Crippen molar-refractivity contribution in [3.8, 4) is 0 Å². The monoisotopic (exact) mass is 218 g/mol. The molecule has 0 aromatic heterocycles. The Morgan fingerprint density at radius 3 is 3.12 bits per heavy atom. The molecule has 2 nitrogen and oxygen atoms in total. The number of benzene rings is 1. The first-order chi connectivity index (χ1) is 7.81. The third kappa shape index (κ3) is 2.56. The van der Waals surface area contributed by atoms with Gasteiger partial charge in [-0.05, 0) is 49.4 Å². The maximum absolute atomic E-state index is 6.03. The van der Waals surface area contributed by atoms with Gasteiger partial charge in [0.25, 0.3) is 0 Å².